The molecule has 1 N–H and O–H groups in total. The van der Waals surface area contributed by atoms with Crippen molar-refractivity contribution in [3.05, 3.63) is 88.2 Å². The lowest BCUT2D eigenvalue weighted by atomic mass is 10.0. The van der Waals surface area contributed by atoms with Gasteiger partial charge in [0, 0.05) is 30.3 Å². The van der Waals surface area contributed by atoms with Gasteiger partial charge in [0.2, 0.25) is 0 Å². The van der Waals surface area contributed by atoms with Crippen LogP contribution in [0.25, 0.3) is 22.0 Å². The molecular weight excluding hydrogens is 405 g/mol. The standard InChI is InChI=1S/C23H19F3N4O/c1-13(16-4-3-5-17(22(16)24)23(25)26)28-20-12-27-29-19-7-6-14(10-18(19)20)15-8-9-30(2)21(31)11-15/h3-13,23H,1-2H3,(H,28,29)/t13-/m1/s1. The van der Waals surface area contributed by atoms with Crippen LogP contribution >= 0.6 is 0 Å². The Balaban J connectivity index is 1.73. The second-order valence-corrected chi connectivity index (χ2v) is 7.27. The van der Waals surface area contributed by atoms with Crippen molar-refractivity contribution in [1.29, 1.82) is 0 Å². The lowest BCUT2D eigenvalue weighted by Crippen LogP contribution is -2.14. The van der Waals surface area contributed by atoms with Gasteiger partial charge in [0.1, 0.15) is 5.82 Å². The number of aryl methyl sites for hydroxylation is 1. The number of hydrogen-bond acceptors (Lipinski definition) is 4. The fourth-order valence-electron chi connectivity index (χ4n) is 3.46. The number of nitrogens with one attached hydrogen (secondary N) is 1. The molecule has 31 heavy (non-hydrogen) atoms. The predicted molar refractivity (Wildman–Crippen MR) is 114 cm³/mol. The molecule has 2 aromatic heterocycles. The van der Waals surface area contributed by atoms with Crippen molar-refractivity contribution in [1.82, 2.24) is 14.8 Å². The van der Waals surface area contributed by atoms with E-state index in [2.05, 4.69) is 15.5 Å². The van der Waals surface area contributed by atoms with Gasteiger partial charge in [-0.3, -0.25) is 4.79 Å². The average Bonchev–Trinajstić information content (AvgIpc) is 2.75. The average molecular weight is 424 g/mol. The number of fused-ring (bicyclic) bond motifs is 1. The van der Waals surface area contributed by atoms with Crippen LogP contribution in [-0.4, -0.2) is 14.8 Å². The minimum Gasteiger partial charge on any atom is -0.377 e. The van der Waals surface area contributed by atoms with Gasteiger partial charge in [-0.2, -0.15) is 10.2 Å². The second-order valence-electron chi connectivity index (χ2n) is 7.27. The van der Waals surface area contributed by atoms with Crippen molar-refractivity contribution < 1.29 is 13.2 Å². The molecule has 4 rings (SSSR count). The quantitative estimate of drug-likeness (QED) is 0.476. The third-order valence-corrected chi connectivity index (χ3v) is 5.21. The minimum atomic E-state index is -2.89. The minimum absolute atomic E-state index is 0.130. The van der Waals surface area contributed by atoms with Crippen molar-refractivity contribution in [2.75, 3.05) is 5.32 Å². The Morgan fingerprint density at radius 2 is 1.77 bits per heavy atom. The molecule has 0 unspecified atom stereocenters. The number of rotatable bonds is 5. The Morgan fingerprint density at radius 3 is 2.52 bits per heavy atom. The maximum atomic E-state index is 14.6. The maximum absolute atomic E-state index is 14.6. The number of benzene rings is 2. The van der Waals surface area contributed by atoms with Gasteiger partial charge in [0.05, 0.1) is 29.0 Å². The third kappa shape index (κ3) is 4.01. The summed E-state index contributed by atoms with van der Waals surface area (Å²) in [6.45, 7) is 1.69. The monoisotopic (exact) mass is 424 g/mol. The highest BCUT2D eigenvalue weighted by Gasteiger charge is 2.20. The van der Waals surface area contributed by atoms with Gasteiger partial charge >= 0.3 is 0 Å². The van der Waals surface area contributed by atoms with Crippen LogP contribution < -0.4 is 10.9 Å². The summed E-state index contributed by atoms with van der Waals surface area (Å²) in [6, 6.07) is 12.2. The van der Waals surface area contributed by atoms with Crippen LogP contribution in [0, 0.1) is 5.82 Å². The molecule has 0 aliphatic heterocycles. The van der Waals surface area contributed by atoms with E-state index in [1.807, 2.05) is 18.2 Å². The molecule has 0 spiro atoms. The molecule has 158 valence electrons. The maximum Gasteiger partial charge on any atom is 0.266 e. The van der Waals surface area contributed by atoms with E-state index in [0.717, 1.165) is 17.2 Å². The number of anilines is 1. The Bertz CT molecular complexity index is 1320. The molecule has 4 aromatic rings. The van der Waals surface area contributed by atoms with Crippen molar-refractivity contribution in [3.63, 3.8) is 0 Å². The van der Waals surface area contributed by atoms with Crippen LogP contribution in [0.4, 0.5) is 18.9 Å². The Kier molecular flexibility index (Phi) is 5.46. The van der Waals surface area contributed by atoms with Crippen molar-refractivity contribution in [2.45, 2.75) is 19.4 Å². The smallest absolute Gasteiger partial charge is 0.266 e. The first-order valence-electron chi connectivity index (χ1n) is 9.60. The van der Waals surface area contributed by atoms with E-state index in [0.29, 0.717) is 16.6 Å². The Labute approximate surface area is 176 Å². The molecule has 0 fully saturated rings. The zero-order valence-electron chi connectivity index (χ0n) is 16.8. The van der Waals surface area contributed by atoms with Crippen LogP contribution in [0.15, 0.2) is 65.7 Å². The highest BCUT2D eigenvalue weighted by atomic mass is 19.3. The molecule has 0 amide bonds. The normalized spacial score (nSPS) is 12.3. The van der Waals surface area contributed by atoms with Gasteiger partial charge in [0.25, 0.3) is 12.0 Å². The van der Waals surface area contributed by atoms with E-state index in [1.54, 1.807) is 26.2 Å². The van der Waals surface area contributed by atoms with E-state index in [4.69, 9.17) is 0 Å². The number of pyridine rings is 1. The summed E-state index contributed by atoms with van der Waals surface area (Å²) >= 11 is 0. The number of aromatic nitrogens is 3. The summed E-state index contributed by atoms with van der Waals surface area (Å²) < 4.78 is 42.2. The zero-order chi connectivity index (χ0) is 22.1. The van der Waals surface area contributed by atoms with Crippen LogP contribution in [0.2, 0.25) is 0 Å². The van der Waals surface area contributed by atoms with Gasteiger partial charge < -0.3 is 9.88 Å². The summed E-state index contributed by atoms with van der Waals surface area (Å²) in [4.78, 5) is 12.0. The fraction of sp³-hybridized carbons (Fsp3) is 0.174. The zero-order valence-corrected chi connectivity index (χ0v) is 16.8. The molecule has 1 atom stereocenters. The fourth-order valence-corrected chi connectivity index (χ4v) is 3.46. The third-order valence-electron chi connectivity index (χ3n) is 5.21. The number of halogens is 3. The molecule has 0 aliphatic carbocycles. The highest BCUT2D eigenvalue weighted by Crippen LogP contribution is 2.32. The van der Waals surface area contributed by atoms with Gasteiger partial charge in [-0.1, -0.05) is 24.3 Å². The van der Waals surface area contributed by atoms with Gasteiger partial charge in [-0.15, -0.1) is 0 Å². The number of hydrogen-bond donors (Lipinski definition) is 1. The predicted octanol–water partition coefficient (Wildman–Crippen LogP) is 5.25. The lowest BCUT2D eigenvalue weighted by Gasteiger charge is -2.19. The van der Waals surface area contributed by atoms with Crippen molar-refractivity contribution in [2.24, 2.45) is 7.05 Å². The molecule has 0 saturated carbocycles. The van der Waals surface area contributed by atoms with Gasteiger partial charge in [-0.25, -0.2) is 13.2 Å². The van der Waals surface area contributed by atoms with Crippen LogP contribution in [0.3, 0.4) is 0 Å². The molecule has 5 nitrogen and oxygen atoms in total. The van der Waals surface area contributed by atoms with Gasteiger partial charge in [-0.05, 0) is 36.2 Å². The first kappa shape index (κ1) is 20.6. The molecular formula is C23H19F3N4O. The van der Waals surface area contributed by atoms with E-state index in [1.165, 1.54) is 29.0 Å². The van der Waals surface area contributed by atoms with Crippen molar-refractivity contribution in [3.8, 4) is 11.1 Å². The lowest BCUT2D eigenvalue weighted by molar-refractivity contribution is 0.146. The topological polar surface area (TPSA) is 59.8 Å². The van der Waals surface area contributed by atoms with Crippen LogP contribution in [0.1, 0.15) is 30.5 Å². The molecule has 0 aliphatic rings. The first-order valence-corrected chi connectivity index (χ1v) is 9.60. The van der Waals surface area contributed by atoms with E-state index < -0.39 is 23.8 Å². The van der Waals surface area contributed by atoms with Crippen LogP contribution in [0.5, 0.6) is 0 Å². The summed E-state index contributed by atoms with van der Waals surface area (Å²) in [6.07, 6.45) is 0.297. The van der Waals surface area contributed by atoms with Crippen LogP contribution in [-0.2, 0) is 7.05 Å². The summed E-state index contributed by atoms with van der Waals surface area (Å²) in [7, 11) is 1.67. The van der Waals surface area contributed by atoms with Crippen molar-refractivity contribution >= 4 is 16.6 Å². The molecule has 2 aromatic carbocycles. The molecule has 0 bridgehead atoms. The highest BCUT2D eigenvalue weighted by molar-refractivity contribution is 5.93. The SMILES string of the molecule is C[C@@H](Nc1cnnc2ccc(-c3ccn(C)c(=O)c3)cc12)c1cccc(C(F)F)c1F. The molecule has 8 heteroatoms. The largest absolute Gasteiger partial charge is 0.377 e. The number of nitrogens with zero attached hydrogens (tertiary/aromatic N) is 3. The Hall–Kier alpha value is -3.68. The molecule has 2 heterocycles. The number of alkyl halides is 2. The first-order chi connectivity index (χ1) is 14.8. The Morgan fingerprint density at radius 1 is 1.03 bits per heavy atom. The second kappa shape index (κ2) is 8.22. The van der Waals surface area contributed by atoms with E-state index >= 15 is 0 Å². The summed E-state index contributed by atoms with van der Waals surface area (Å²) in [5.41, 5.74) is 2.10. The summed E-state index contributed by atoms with van der Waals surface area (Å²) in [5.74, 6) is -0.926. The van der Waals surface area contributed by atoms with E-state index in [-0.39, 0.29) is 11.1 Å². The molecule has 0 radical (unpaired) electrons. The van der Waals surface area contributed by atoms with Gasteiger partial charge in [0.15, 0.2) is 0 Å². The van der Waals surface area contributed by atoms with E-state index in [9.17, 15) is 18.0 Å². The molecule has 0 saturated heterocycles. The summed E-state index contributed by atoms with van der Waals surface area (Å²) in [5, 5.41) is 12.0.